The van der Waals surface area contributed by atoms with Crippen LogP contribution in [-0.2, 0) is 16.5 Å². The molecule has 0 spiro atoms. The number of esters is 2. The topological polar surface area (TPSA) is 57.5 Å². The van der Waals surface area contributed by atoms with Gasteiger partial charge in [-0.1, -0.05) is 0 Å². The zero-order chi connectivity index (χ0) is 13.3. The van der Waals surface area contributed by atoms with Gasteiger partial charge < -0.3 is 14.0 Å². The Morgan fingerprint density at radius 2 is 1.72 bits per heavy atom. The predicted molar refractivity (Wildman–Crippen MR) is 65.6 cm³/mol. The van der Waals surface area contributed by atoms with Gasteiger partial charge in [0.05, 0.1) is 25.3 Å². The lowest BCUT2D eigenvalue weighted by molar-refractivity contribution is 0.0557. The Morgan fingerprint density at radius 3 is 2.33 bits per heavy atom. The third-order valence-corrected chi connectivity index (χ3v) is 2.86. The summed E-state index contributed by atoms with van der Waals surface area (Å²) in [4.78, 5) is 23.5. The highest BCUT2D eigenvalue weighted by Gasteiger charge is 2.22. The summed E-state index contributed by atoms with van der Waals surface area (Å²) in [5, 5.41) is 0.673. The molecular weight excluding hydrogens is 234 g/mol. The van der Waals surface area contributed by atoms with E-state index in [1.165, 1.54) is 14.2 Å². The summed E-state index contributed by atoms with van der Waals surface area (Å²) < 4.78 is 11.3. The first-order valence-electron chi connectivity index (χ1n) is 5.34. The highest BCUT2D eigenvalue weighted by atomic mass is 16.5. The van der Waals surface area contributed by atoms with Gasteiger partial charge in [-0.25, -0.2) is 9.59 Å². The van der Waals surface area contributed by atoms with E-state index in [1.807, 2.05) is 17.8 Å². The summed E-state index contributed by atoms with van der Waals surface area (Å²) in [5.41, 5.74) is 1.30. The molecule has 5 nitrogen and oxygen atoms in total. The van der Waals surface area contributed by atoms with Gasteiger partial charge in [-0.05, 0) is 18.2 Å². The van der Waals surface area contributed by atoms with E-state index in [0.717, 1.165) is 5.52 Å². The maximum atomic E-state index is 11.8. The number of hydrogen-bond acceptors (Lipinski definition) is 4. The maximum absolute atomic E-state index is 11.8. The highest BCUT2D eigenvalue weighted by molar-refractivity contribution is 6.12. The van der Waals surface area contributed by atoms with Crippen LogP contribution in [0.3, 0.4) is 0 Å². The molecule has 1 aromatic carbocycles. The number of aromatic nitrogens is 1. The third-order valence-electron chi connectivity index (χ3n) is 2.86. The smallest absolute Gasteiger partial charge is 0.339 e. The fraction of sp³-hybridized carbons (Fsp3) is 0.231. The molecule has 0 saturated heterocycles. The molecule has 0 N–H and O–H groups in total. The SMILES string of the molecule is COC(=O)c1ccc2c(ccn2C)c1C(=O)OC. The van der Waals surface area contributed by atoms with Crippen molar-refractivity contribution < 1.29 is 19.1 Å². The van der Waals surface area contributed by atoms with Gasteiger partial charge in [0.1, 0.15) is 0 Å². The van der Waals surface area contributed by atoms with Gasteiger partial charge in [0.2, 0.25) is 0 Å². The summed E-state index contributed by atoms with van der Waals surface area (Å²) in [5.74, 6) is -1.10. The summed E-state index contributed by atoms with van der Waals surface area (Å²) in [7, 11) is 4.42. The van der Waals surface area contributed by atoms with Crippen LogP contribution in [-0.4, -0.2) is 30.7 Å². The molecule has 1 aromatic heterocycles. The number of ether oxygens (including phenoxy) is 2. The molecule has 0 amide bonds. The number of aryl methyl sites for hydroxylation is 1. The molecule has 0 bridgehead atoms. The highest BCUT2D eigenvalue weighted by Crippen LogP contribution is 2.24. The lowest BCUT2D eigenvalue weighted by Gasteiger charge is -2.08. The van der Waals surface area contributed by atoms with E-state index in [2.05, 4.69) is 4.74 Å². The van der Waals surface area contributed by atoms with Crippen LogP contribution in [0.1, 0.15) is 20.7 Å². The minimum Gasteiger partial charge on any atom is -0.465 e. The maximum Gasteiger partial charge on any atom is 0.339 e. The second-order valence-electron chi connectivity index (χ2n) is 3.83. The number of methoxy groups -OCH3 is 2. The average Bonchev–Trinajstić information content (AvgIpc) is 2.77. The molecule has 0 saturated carbocycles. The normalized spacial score (nSPS) is 10.4. The molecular formula is C13H13NO4. The molecule has 5 heteroatoms. The van der Waals surface area contributed by atoms with Crippen molar-refractivity contribution in [3.8, 4) is 0 Å². The number of hydrogen-bond donors (Lipinski definition) is 0. The van der Waals surface area contributed by atoms with Gasteiger partial charge in [0.15, 0.2) is 0 Å². The minimum atomic E-state index is -0.554. The number of rotatable bonds is 2. The van der Waals surface area contributed by atoms with Crippen LogP contribution in [0.2, 0.25) is 0 Å². The summed E-state index contributed by atoms with van der Waals surface area (Å²) in [6.45, 7) is 0. The second kappa shape index (κ2) is 4.52. The number of nitrogens with zero attached hydrogens (tertiary/aromatic N) is 1. The van der Waals surface area contributed by atoms with E-state index in [1.54, 1.807) is 18.2 Å². The van der Waals surface area contributed by atoms with Crippen molar-refractivity contribution in [1.29, 1.82) is 0 Å². The molecule has 0 aliphatic carbocycles. The van der Waals surface area contributed by atoms with Crippen LogP contribution >= 0.6 is 0 Å². The monoisotopic (exact) mass is 247 g/mol. The molecule has 0 radical (unpaired) electrons. The Hall–Kier alpha value is -2.30. The lowest BCUT2D eigenvalue weighted by atomic mass is 10.0. The van der Waals surface area contributed by atoms with Gasteiger partial charge in [0.25, 0.3) is 0 Å². The molecule has 18 heavy (non-hydrogen) atoms. The van der Waals surface area contributed by atoms with Gasteiger partial charge in [-0.15, -0.1) is 0 Å². The van der Waals surface area contributed by atoms with Gasteiger partial charge in [0, 0.05) is 24.1 Å². The quantitative estimate of drug-likeness (QED) is 0.759. The van der Waals surface area contributed by atoms with E-state index in [9.17, 15) is 9.59 Å². The van der Waals surface area contributed by atoms with Crippen molar-refractivity contribution >= 4 is 22.8 Å². The van der Waals surface area contributed by atoms with E-state index in [4.69, 9.17) is 4.74 Å². The van der Waals surface area contributed by atoms with Crippen LogP contribution in [0.25, 0.3) is 10.9 Å². The lowest BCUT2D eigenvalue weighted by Crippen LogP contribution is -2.12. The fourth-order valence-corrected chi connectivity index (χ4v) is 1.95. The molecule has 0 aliphatic rings. The molecule has 0 atom stereocenters. The second-order valence-corrected chi connectivity index (χ2v) is 3.83. The van der Waals surface area contributed by atoms with E-state index < -0.39 is 11.9 Å². The van der Waals surface area contributed by atoms with E-state index in [-0.39, 0.29) is 11.1 Å². The first-order chi connectivity index (χ1) is 8.60. The number of carbonyl (C=O) groups is 2. The van der Waals surface area contributed by atoms with Crippen LogP contribution in [0.5, 0.6) is 0 Å². The predicted octanol–water partition coefficient (Wildman–Crippen LogP) is 1.75. The van der Waals surface area contributed by atoms with E-state index >= 15 is 0 Å². The van der Waals surface area contributed by atoms with Crippen LogP contribution in [0.15, 0.2) is 24.4 Å². The Labute approximate surface area is 104 Å². The zero-order valence-electron chi connectivity index (χ0n) is 10.4. The van der Waals surface area contributed by atoms with Crippen LogP contribution in [0, 0.1) is 0 Å². The molecule has 0 unspecified atom stereocenters. The standard InChI is InChI=1S/C13H13NO4/c1-14-7-6-8-10(14)5-4-9(12(15)17-2)11(8)13(16)18-3/h4-7H,1-3H3. The van der Waals surface area contributed by atoms with Crippen molar-refractivity contribution in [2.24, 2.45) is 7.05 Å². The Balaban J connectivity index is 2.79. The average molecular weight is 247 g/mol. The summed E-state index contributed by atoms with van der Waals surface area (Å²) in [6.07, 6.45) is 1.82. The summed E-state index contributed by atoms with van der Waals surface area (Å²) in [6, 6.07) is 5.11. The van der Waals surface area contributed by atoms with Gasteiger partial charge >= 0.3 is 11.9 Å². The van der Waals surface area contributed by atoms with Gasteiger partial charge in [-0.2, -0.15) is 0 Å². The first kappa shape index (κ1) is 12.2. The molecule has 94 valence electrons. The molecule has 0 aliphatic heterocycles. The number of fused-ring (bicyclic) bond motifs is 1. The van der Waals surface area contributed by atoms with Crippen molar-refractivity contribution in [2.45, 2.75) is 0 Å². The van der Waals surface area contributed by atoms with Crippen LogP contribution in [0.4, 0.5) is 0 Å². The Kier molecular flexibility index (Phi) is 3.06. The number of carbonyl (C=O) groups excluding carboxylic acids is 2. The molecule has 2 aromatic rings. The third kappa shape index (κ3) is 1.73. The van der Waals surface area contributed by atoms with Crippen molar-refractivity contribution in [3.05, 3.63) is 35.5 Å². The Morgan fingerprint density at radius 1 is 1.06 bits per heavy atom. The molecule has 1 heterocycles. The largest absolute Gasteiger partial charge is 0.465 e. The Bertz CT molecular complexity index is 627. The van der Waals surface area contributed by atoms with Gasteiger partial charge in [-0.3, -0.25) is 0 Å². The van der Waals surface area contributed by atoms with E-state index in [0.29, 0.717) is 5.39 Å². The minimum absolute atomic E-state index is 0.211. The fourth-order valence-electron chi connectivity index (χ4n) is 1.95. The van der Waals surface area contributed by atoms with Crippen molar-refractivity contribution in [3.63, 3.8) is 0 Å². The van der Waals surface area contributed by atoms with Crippen molar-refractivity contribution in [1.82, 2.24) is 4.57 Å². The zero-order valence-corrected chi connectivity index (χ0v) is 10.4. The molecule has 2 rings (SSSR count). The first-order valence-corrected chi connectivity index (χ1v) is 5.34. The van der Waals surface area contributed by atoms with Crippen molar-refractivity contribution in [2.75, 3.05) is 14.2 Å². The summed E-state index contributed by atoms with van der Waals surface area (Å²) >= 11 is 0. The van der Waals surface area contributed by atoms with Crippen LogP contribution < -0.4 is 0 Å². The molecule has 0 fully saturated rings. The number of benzene rings is 1.